The maximum atomic E-state index is 12.1. The lowest BCUT2D eigenvalue weighted by atomic mass is 10.0. The van der Waals surface area contributed by atoms with Crippen molar-refractivity contribution in [3.05, 3.63) is 64.2 Å². The number of fused-ring (bicyclic) bond motifs is 1. The first-order valence-corrected chi connectivity index (χ1v) is 6.84. The van der Waals surface area contributed by atoms with Crippen molar-refractivity contribution in [3.8, 4) is 11.5 Å². The van der Waals surface area contributed by atoms with Gasteiger partial charge in [0.05, 0.1) is 4.92 Å². The molecule has 22 heavy (non-hydrogen) atoms. The normalized spacial score (nSPS) is 16.3. The van der Waals surface area contributed by atoms with Crippen LogP contribution in [0.4, 0.5) is 5.69 Å². The number of nitro groups is 1. The number of rotatable bonds is 3. The summed E-state index contributed by atoms with van der Waals surface area (Å²) >= 11 is 0. The molecule has 2 aromatic rings. The highest BCUT2D eigenvalue weighted by atomic mass is 16.6. The molecule has 0 saturated heterocycles. The highest BCUT2D eigenvalue weighted by Crippen LogP contribution is 2.28. The van der Waals surface area contributed by atoms with Crippen LogP contribution in [-0.4, -0.2) is 17.0 Å². The second-order valence-corrected chi connectivity index (χ2v) is 4.92. The number of nitro benzene ring substituents is 1. The van der Waals surface area contributed by atoms with Crippen LogP contribution in [-0.2, 0) is 11.2 Å². The minimum Gasteiger partial charge on any atom is -0.478 e. The number of hydrogen-bond acceptors (Lipinski definition) is 5. The number of hydrogen-bond donors (Lipinski definition) is 0. The maximum Gasteiger partial charge on any atom is 0.352 e. The topological polar surface area (TPSA) is 78.7 Å². The molecule has 0 bridgehead atoms. The van der Waals surface area contributed by atoms with Gasteiger partial charge in [-0.3, -0.25) is 10.1 Å². The Kier molecular flexibility index (Phi) is 3.74. The first kappa shape index (κ1) is 14.1. The van der Waals surface area contributed by atoms with Crippen molar-refractivity contribution in [2.75, 3.05) is 0 Å². The van der Waals surface area contributed by atoms with Crippen molar-refractivity contribution in [1.82, 2.24) is 0 Å². The molecule has 1 heterocycles. The average Bonchev–Trinajstić information content (AvgIpc) is 2.55. The standard InChI is InChI=1S/C16H13NO5/c18-16(21-13-8-6-12(7-9-13)17(19)20)15-10-5-11-3-1-2-4-14(11)22-15/h1-4,6-9,15H,5,10H2. The molecule has 112 valence electrons. The fraction of sp³-hybridized carbons (Fsp3) is 0.188. The minimum atomic E-state index is -0.662. The molecular weight excluding hydrogens is 286 g/mol. The molecule has 0 amide bonds. The highest BCUT2D eigenvalue weighted by Gasteiger charge is 2.27. The molecule has 1 atom stereocenters. The summed E-state index contributed by atoms with van der Waals surface area (Å²) in [6, 6.07) is 12.9. The van der Waals surface area contributed by atoms with E-state index in [2.05, 4.69) is 0 Å². The Morgan fingerprint density at radius 3 is 2.64 bits per heavy atom. The van der Waals surface area contributed by atoms with Gasteiger partial charge in [-0.15, -0.1) is 0 Å². The van der Waals surface area contributed by atoms with E-state index in [1.54, 1.807) is 0 Å². The van der Waals surface area contributed by atoms with Gasteiger partial charge in [0.25, 0.3) is 5.69 Å². The quantitative estimate of drug-likeness (QED) is 0.377. The predicted octanol–water partition coefficient (Wildman–Crippen LogP) is 2.89. The molecule has 6 heteroatoms. The summed E-state index contributed by atoms with van der Waals surface area (Å²) in [4.78, 5) is 22.2. The SMILES string of the molecule is O=C(Oc1ccc([N+](=O)[O-])cc1)C1CCc2ccccc2O1. The van der Waals surface area contributed by atoms with Crippen LogP contribution in [0.2, 0.25) is 0 Å². The number of carbonyl (C=O) groups is 1. The molecule has 1 aliphatic heterocycles. The first-order valence-electron chi connectivity index (χ1n) is 6.84. The smallest absolute Gasteiger partial charge is 0.352 e. The van der Waals surface area contributed by atoms with Crippen LogP contribution < -0.4 is 9.47 Å². The largest absolute Gasteiger partial charge is 0.478 e. The summed E-state index contributed by atoms with van der Waals surface area (Å²) in [5.41, 5.74) is 1.02. The van der Waals surface area contributed by atoms with Gasteiger partial charge in [0, 0.05) is 12.1 Å². The van der Waals surface area contributed by atoms with E-state index in [0.29, 0.717) is 12.2 Å². The number of esters is 1. The van der Waals surface area contributed by atoms with Gasteiger partial charge in [0.2, 0.25) is 0 Å². The van der Waals surface area contributed by atoms with Crippen LogP contribution in [0, 0.1) is 10.1 Å². The van der Waals surface area contributed by atoms with Gasteiger partial charge in [-0.2, -0.15) is 0 Å². The van der Waals surface area contributed by atoms with Gasteiger partial charge < -0.3 is 9.47 Å². The van der Waals surface area contributed by atoms with Gasteiger partial charge in [-0.1, -0.05) is 18.2 Å². The molecule has 6 nitrogen and oxygen atoms in total. The van der Waals surface area contributed by atoms with Crippen LogP contribution in [0.5, 0.6) is 11.5 Å². The Labute approximate surface area is 126 Å². The van der Waals surface area contributed by atoms with E-state index in [1.807, 2.05) is 24.3 Å². The molecular formula is C16H13NO5. The van der Waals surface area contributed by atoms with Crippen molar-refractivity contribution < 1.29 is 19.2 Å². The molecule has 1 unspecified atom stereocenters. The molecule has 0 spiro atoms. The zero-order chi connectivity index (χ0) is 15.5. The van der Waals surface area contributed by atoms with Crippen LogP contribution in [0.15, 0.2) is 48.5 Å². The summed E-state index contributed by atoms with van der Waals surface area (Å²) in [5, 5.41) is 10.6. The highest BCUT2D eigenvalue weighted by molar-refractivity contribution is 5.78. The lowest BCUT2D eigenvalue weighted by Gasteiger charge is -2.24. The number of para-hydroxylation sites is 1. The Balaban J connectivity index is 1.66. The third kappa shape index (κ3) is 2.90. The second kappa shape index (κ2) is 5.85. The van der Waals surface area contributed by atoms with Crippen molar-refractivity contribution >= 4 is 11.7 Å². The van der Waals surface area contributed by atoms with E-state index in [0.717, 1.165) is 12.0 Å². The number of nitrogens with zero attached hydrogens (tertiary/aromatic N) is 1. The molecule has 0 saturated carbocycles. The van der Waals surface area contributed by atoms with Gasteiger partial charge in [-0.05, 0) is 36.6 Å². The fourth-order valence-corrected chi connectivity index (χ4v) is 2.31. The molecule has 2 aromatic carbocycles. The molecule has 0 radical (unpaired) electrons. The summed E-state index contributed by atoms with van der Waals surface area (Å²) in [6.07, 6.45) is 0.629. The van der Waals surface area contributed by atoms with Gasteiger partial charge >= 0.3 is 5.97 Å². The van der Waals surface area contributed by atoms with Crippen molar-refractivity contribution in [2.24, 2.45) is 0 Å². The van der Waals surface area contributed by atoms with Crippen molar-refractivity contribution in [1.29, 1.82) is 0 Å². The number of non-ortho nitro benzene ring substituents is 1. The number of benzene rings is 2. The predicted molar refractivity (Wildman–Crippen MR) is 77.9 cm³/mol. The van der Waals surface area contributed by atoms with Gasteiger partial charge in [-0.25, -0.2) is 4.79 Å². The number of aryl methyl sites for hydroxylation is 1. The molecule has 0 aliphatic carbocycles. The Bertz CT molecular complexity index is 711. The molecule has 0 fully saturated rings. The van der Waals surface area contributed by atoms with Gasteiger partial charge in [0.1, 0.15) is 11.5 Å². The summed E-state index contributed by atoms with van der Waals surface area (Å²) in [6.45, 7) is 0. The van der Waals surface area contributed by atoms with Crippen LogP contribution in [0.1, 0.15) is 12.0 Å². The third-order valence-corrected chi connectivity index (χ3v) is 3.45. The number of carbonyl (C=O) groups excluding carboxylic acids is 1. The van der Waals surface area contributed by atoms with E-state index in [1.165, 1.54) is 24.3 Å². The Morgan fingerprint density at radius 1 is 1.18 bits per heavy atom. The van der Waals surface area contributed by atoms with Gasteiger partial charge in [0.15, 0.2) is 6.10 Å². The van der Waals surface area contributed by atoms with E-state index in [-0.39, 0.29) is 11.4 Å². The number of ether oxygens (including phenoxy) is 2. The maximum absolute atomic E-state index is 12.1. The van der Waals surface area contributed by atoms with E-state index in [4.69, 9.17) is 9.47 Å². The molecule has 0 N–H and O–H groups in total. The zero-order valence-electron chi connectivity index (χ0n) is 11.6. The zero-order valence-corrected chi connectivity index (χ0v) is 11.6. The summed E-state index contributed by atoms with van der Waals surface area (Å²) in [5.74, 6) is 0.459. The Hall–Kier alpha value is -2.89. The lowest BCUT2D eigenvalue weighted by molar-refractivity contribution is -0.384. The minimum absolute atomic E-state index is 0.0531. The Morgan fingerprint density at radius 2 is 1.91 bits per heavy atom. The van der Waals surface area contributed by atoms with Crippen LogP contribution in [0.25, 0.3) is 0 Å². The average molecular weight is 299 g/mol. The van der Waals surface area contributed by atoms with E-state index >= 15 is 0 Å². The third-order valence-electron chi connectivity index (χ3n) is 3.45. The monoisotopic (exact) mass is 299 g/mol. The lowest BCUT2D eigenvalue weighted by Crippen LogP contribution is -2.34. The van der Waals surface area contributed by atoms with Crippen molar-refractivity contribution in [2.45, 2.75) is 18.9 Å². The molecule has 3 rings (SSSR count). The van der Waals surface area contributed by atoms with E-state index < -0.39 is 17.0 Å². The second-order valence-electron chi connectivity index (χ2n) is 4.92. The van der Waals surface area contributed by atoms with Crippen LogP contribution >= 0.6 is 0 Å². The van der Waals surface area contributed by atoms with E-state index in [9.17, 15) is 14.9 Å². The van der Waals surface area contributed by atoms with Crippen LogP contribution in [0.3, 0.4) is 0 Å². The molecule has 0 aromatic heterocycles. The summed E-state index contributed by atoms with van der Waals surface area (Å²) in [7, 11) is 0. The first-order chi connectivity index (χ1) is 10.6. The molecule has 1 aliphatic rings. The fourth-order valence-electron chi connectivity index (χ4n) is 2.31. The summed E-state index contributed by atoms with van der Waals surface area (Å²) < 4.78 is 10.9. The van der Waals surface area contributed by atoms with Crippen molar-refractivity contribution in [3.63, 3.8) is 0 Å².